The van der Waals surface area contributed by atoms with Gasteiger partial charge in [-0.15, -0.1) is 0 Å². The number of aliphatic hydroxyl groups is 2. The minimum Gasteiger partial charge on any atom is -0.393 e. The molecule has 2 aliphatic rings. The number of imidazole rings is 1. The maximum atomic E-state index is 13.4. The van der Waals surface area contributed by atoms with E-state index in [9.17, 15) is 15.0 Å². The number of amides is 1. The van der Waals surface area contributed by atoms with Crippen LogP contribution in [0.3, 0.4) is 0 Å². The molecule has 9 heteroatoms. The number of nitrogens with zero attached hydrogens (tertiary/aromatic N) is 4. The molecule has 2 N–H and O–H groups in total. The molecule has 3 heterocycles. The van der Waals surface area contributed by atoms with E-state index < -0.39 is 20.8 Å². The van der Waals surface area contributed by atoms with Crippen molar-refractivity contribution in [2.75, 3.05) is 13.2 Å². The van der Waals surface area contributed by atoms with E-state index in [4.69, 9.17) is 9.72 Å². The number of pyridine rings is 1. The molecule has 1 aliphatic carbocycles. The highest BCUT2D eigenvalue weighted by Crippen LogP contribution is 2.41. The Morgan fingerprint density at radius 3 is 2.58 bits per heavy atom. The lowest BCUT2D eigenvalue weighted by atomic mass is 9.93. The van der Waals surface area contributed by atoms with E-state index in [0.717, 1.165) is 65.1 Å². The van der Waals surface area contributed by atoms with Gasteiger partial charge in [-0.2, -0.15) is 0 Å². The van der Waals surface area contributed by atoms with E-state index in [-0.39, 0.29) is 11.9 Å². The summed E-state index contributed by atoms with van der Waals surface area (Å²) >= 11 is 0. The molecule has 3 aromatic rings. The number of aryl methyl sites for hydroxylation is 1. The summed E-state index contributed by atoms with van der Waals surface area (Å²) in [7, 11) is -1.19. The van der Waals surface area contributed by atoms with E-state index in [1.54, 1.807) is 6.20 Å². The lowest BCUT2D eigenvalue weighted by Gasteiger charge is -2.24. The highest BCUT2D eigenvalue weighted by molar-refractivity contribution is 6.76. The Bertz CT molecular complexity index is 1410. The molecule has 8 nitrogen and oxygen atoms in total. The fraction of sp³-hybridized carbons (Fsp3) is 0.516. The van der Waals surface area contributed by atoms with E-state index >= 15 is 0 Å². The molecule has 0 saturated heterocycles. The maximum Gasteiger partial charge on any atom is 0.255 e. The number of hydrogen-bond acceptors (Lipinski definition) is 6. The Balaban J connectivity index is 1.48. The predicted octanol–water partition coefficient (Wildman–Crippen LogP) is 5.32. The fourth-order valence-corrected chi connectivity index (χ4v) is 6.23. The Labute approximate surface area is 238 Å². The third kappa shape index (κ3) is 5.79. The van der Waals surface area contributed by atoms with Crippen LogP contribution in [0.5, 0.6) is 0 Å². The molecule has 1 fully saturated rings. The van der Waals surface area contributed by atoms with Crippen molar-refractivity contribution >= 4 is 14.0 Å². The molecule has 2 atom stereocenters. The van der Waals surface area contributed by atoms with Crippen molar-refractivity contribution in [2.45, 2.75) is 84.7 Å². The lowest BCUT2D eigenvalue weighted by Crippen LogP contribution is -2.35. The smallest absolute Gasteiger partial charge is 0.255 e. The highest BCUT2D eigenvalue weighted by atomic mass is 28.3. The Kier molecular flexibility index (Phi) is 8.03. The average Bonchev–Trinajstić information content (AvgIpc) is 3.67. The van der Waals surface area contributed by atoms with Crippen LogP contribution in [0.1, 0.15) is 58.7 Å². The molecule has 0 spiro atoms. The number of benzene rings is 1. The zero-order chi connectivity index (χ0) is 28.8. The van der Waals surface area contributed by atoms with Crippen molar-refractivity contribution in [3.8, 4) is 22.6 Å². The molecule has 1 saturated carbocycles. The van der Waals surface area contributed by atoms with E-state index in [0.29, 0.717) is 30.3 Å². The average molecular weight is 563 g/mol. The second-order valence-corrected chi connectivity index (χ2v) is 18.2. The molecular weight excluding hydrogens is 520 g/mol. The van der Waals surface area contributed by atoms with Crippen LogP contribution in [0.15, 0.2) is 30.5 Å². The van der Waals surface area contributed by atoms with Crippen LogP contribution in [0, 0.1) is 19.8 Å². The number of hydrogen-bond donors (Lipinski definition) is 2. The molecule has 1 amide bonds. The number of carbonyl (C=O) groups is 1. The van der Waals surface area contributed by atoms with Gasteiger partial charge in [0.2, 0.25) is 0 Å². The number of aromatic nitrogens is 3. The Morgan fingerprint density at radius 1 is 1.15 bits per heavy atom. The summed E-state index contributed by atoms with van der Waals surface area (Å²) in [6.45, 7) is 14.4. The highest BCUT2D eigenvalue weighted by Gasteiger charge is 2.40. The monoisotopic (exact) mass is 562 g/mol. The van der Waals surface area contributed by atoms with Gasteiger partial charge in [0.05, 0.1) is 17.9 Å². The third-order valence-electron chi connectivity index (χ3n) is 8.39. The second kappa shape index (κ2) is 11.2. The SMILES string of the molecule is Cc1nc(-c2cc(-c3cc4c(c(C(O)CO)c3)C(=O)N(C(C)C3CC3)C4)ccn2)n(COCC[Si](C)(C)C)c1C. The van der Waals surface area contributed by atoms with Crippen LogP contribution in [0.25, 0.3) is 22.6 Å². The molecule has 0 bridgehead atoms. The summed E-state index contributed by atoms with van der Waals surface area (Å²) < 4.78 is 8.15. The summed E-state index contributed by atoms with van der Waals surface area (Å²) in [5, 5.41) is 20.5. The zero-order valence-corrected chi connectivity index (χ0v) is 25.6. The number of rotatable bonds is 11. The predicted molar refractivity (Wildman–Crippen MR) is 159 cm³/mol. The van der Waals surface area contributed by atoms with E-state index in [1.807, 2.05) is 43.0 Å². The molecule has 5 rings (SSSR count). The summed E-state index contributed by atoms with van der Waals surface area (Å²) in [5.41, 5.74) is 6.39. The maximum absolute atomic E-state index is 13.4. The van der Waals surface area contributed by atoms with Gasteiger partial charge in [0.15, 0.2) is 5.82 Å². The second-order valence-electron chi connectivity index (χ2n) is 12.6. The van der Waals surface area contributed by atoms with Crippen LogP contribution < -0.4 is 0 Å². The number of ether oxygens (including phenoxy) is 1. The van der Waals surface area contributed by atoms with Crippen LogP contribution in [0.4, 0.5) is 0 Å². The van der Waals surface area contributed by atoms with Gasteiger partial charge < -0.3 is 24.4 Å². The normalized spacial score (nSPS) is 16.9. The van der Waals surface area contributed by atoms with Crippen molar-refractivity contribution in [1.29, 1.82) is 0 Å². The molecule has 2 aromatic heterocycles. The summed E-state index contributed by atoms with van der Waals surface area (Å²) in [6.07, 6.45) is 2.93. The first-order valence-corrected chi connectivity index (χ1v) is 18.0. The van der Waals surface area contributed by atoms with E-state index in [2.05, 4.69) is 36.1 Å². The van der Waals surface area contributed by atoms with Crippen LogP contribution in [-0.2, 0) is 18.0 Å². The van der Waals surface area contributed by atoms with Gasteiger partial charge in [-0.3, -0.25) is 9.78 Å². The van der Waals surface area contributed by atoms with Crippen molar-refractivity contribution in [2.24, 2.45) is 5.92 Å². The summed E-state index contributed by atoms with van der Waals surface area (Å²) in [4.78, 5) is 24.8. The quantitative estimate of drug-likeness (QED) is 0.242. The van der Waals surface area contributed by atoms with Crippen LogP contribution in [-0.4, -0.2) is 62.9 Å². The zero-order valence-electron chi connectivity index (χ0n) is 24.6. The Hall–Kier alpha value is -2.85. The van der Waals surface area contributed by atoms with Crippen molar-refractivity contribution in [1.82, 2.24) is 19.4 Å². The van der Waals surface area contributed by atoms with Gasteiger partial charge >= 0.3 is 0 Å². The number of aliphatic hydroxyl groups excluding tert-OH is 2. The van der Waals surface area contributed by atoms with Gasteiger partial charge in [0.25, 0.3) is 5.91 Å². The minimum atomic E-state index is -1.19. The van der Waals surface area contributed by atoms with Crippen LogP contribution in [0.2, 0.25) is 25.7 Å². The number of carbonyl (C=O) groups excluding carboxylic acids is 1. The van der Waals surface area contributed by atoms with Gasteiger partial charge in [0.1, 0.15) is 18.5 Å². The Morgan fingerprint density at radius 2 is 1.90 bits per heavy atom. The van der Waals surface area contributed by atoms with Gasteiger partial charge in [0, 0.05) is 39.2 Å². The van der Waals surface area contributed by atoms with Gasteiger partial charge in [-0.1, -0.05) is 19.6 Å². The van der Waals surface area contributed by atoms with E-state index in [1.165, 1.54) is 0 Å². The summed E-state index contributed by atoms with van der Waals surface area (Å²) in [5.74, 6) is 1.24. The lowest BCUT2D eigenvalue weighted by molar-refractivity contribution is 0.0682. The molecule has 0 radical (unpaired) electrons. The fourth-order valence-electron chi connectivity index (χ4n) is 5.48. The molecule has 2 unspecified atom stereocenters. The number of fused-ring (bicyclic) bond motifs is 1. The van der Waals surface area contributed by atoms with Crippen LogP contribution >= 0.6 is 0 Å². The molecule has 214 valence electrons. The van der Waals surface area contributed by atoms with Crippen molar-refractivity contribution < 1.29 is 19.7 Å². The summed E-state index contributed by atoms with van der Waals surface area (Å²) in [6, 6.07) is 9.07. The molecule has 40 heavy (non-hydrogen) atoms. The topological polar surface area (TPSA) is 101 Å². The molecular formula is C31H42N4O4Si. The first kappa shape index (κ1) is 28.7. The third-order valence-corrected chi connectivity index (χ3v) is 10.1. The van der Waals surface area contributed by atoms with Gasteiger partial charge in [-0.05, 0) is 92.1 Å². The standard InChI is InChI=1S/C31H42N4O4Si/c1-19-20(2)35(18-39-11-12-40(4,5)6)30(33-19)27-15-23(9-10-32-27)24-13-25-16-34(21(3)22-7-8-22)31(38)29(25)26(14-24)28(37)17-36/h9-10,13-15,21-22,28,36-37H,7-8,11-12,16-18H2,1-6H3. The van der Waals surface area contributed by atoms with Crippen molar-refractivity contribution in [3.05, 3.63) is 58.5 Å². The van der Waals surface area contributed by atoms with Gasteiger partial charge in [-0.25, -0.2) is 4.98 Å². The minimum absolute atomic E-state index is 0.0547. The molecule has 1 aliphatic heterocycles. The first-order chi connectivity index (χ1) is 19.0. The first-order valence-electron chi connectivity index (χ1n) is 14.3. The van der Waals surface area contributed by atoms with Crippen molar-refractivity contribution in [3.63, 3.8) is 0 Å². The largest absolute Gasteiger partial charge is 0.393 e. The molecule has 1 aromatic carbocycles.